The van der Waals surface area contributed by atoms with Gasteiger partial charge in [0.1, 0.15) is 5.69 Å². The summed E-state index contributed by atoms with van der Waals surface area (Å²) in [5, 5.41) is 2.71. The third-order valence-corrected chi connectivity index (χ3v) is 2.82. The molecule has 0 radical (unpaired) electrons. The average Bonchev–Trinajstić information content (AvgIpc) is 2.54. The topological polar surface area (TPSA) is 35.2 Å². The second-order valence-corrected chi connectivity index (χ2v) is 3.56. The molecule has 0 bridgehead atoms. The molecule has 0 saturated heterocycles. The lowest BCUT2D eigenvalue weighted by atomic mass is 10.2. The van der Waals surface area contributed by atoms with Gasteiger partial charge in [-0.05, 0) is 22.9 Å². The monoisotopic (exact) mass is 197 g/mol. The van der Waals surface area contributed by atoms with Gasteiger partial charge in [0.05, 0.1) is 11.8 Å². The van der Waals surface area contributed by atoms with Crippen LogP contribution in [-0.2, 0) is 0 Å². The number of halogens is 1. The number of ether oxygens (including phenoxy) is 1. The van der Waals surface area contributed by atoms with Crippen LogP contribution in [0.15, 0.2) is 17.5 Å². The Morgan fingerprint density at radius 2 is 2.31 bits per heavy atom. The van der Waals surface area contributed by atoms with E-state index in [4.69, 9.17) is 10.5 Å². The lowest BCUT2D eigenvalue weighted by molar-refractivity contribution is 0.420. The third-order valence-electron chi connectivity index (χ3n) is 1.89. The van der Waals surface area contributed by atoms with Gasteiger partial charge < -0.3 is 10.5 Å². The summed E-state index contributed by atoms with van der Waals surface area (Å²) < 4.78 is 19.1. The number of thiophene rings is 1. The minimum absolute atomic E-state index is 0.0810. The molecule has 2 rings (SSSR count). The molecule has 0 saturated carbocycles. The van der Waals surface area contributed by atoms with Gasteiger partial charge in [-0.2, -0.15) is 0 Å². The summed E-state index contributed by atoms with van der Waals surface area (Å²) in [7, 11) is 1.49. The summed E-state index contributed by atoms with van der Waals surface area (Å²) in [5.41, 5.74) is 5.61. The molecule has 68 valence electrons. The molecule has 0 aliphatic heterocycles. The van der Waals surface area contributed by atoms with E-state index in [9.17, 15) is 4.39 Å². The Morgan fingerprint density at radius 3 is 3.00 bits per heavy atom. The molecule has 2 N–H and O–H groups in total. The number of anilines is 1. The van der Waals surface area contributed by atoms with E-state index in [0.717, 1.165) is 10.1 Å². The lowest BCUT2D eigenvalue weighted by Gasteiger charge is -2.05. The zero-order valence-corrected chi connectivity index (χ0v) is 7.82. The number of nitrogens with two attached hydrogens (primary N) is 1. The van der Waals surface area contributed by atoms with Crippen LogP contribution in [0.25, 0.3) is 10.1 Å². The predicted molar refractivity (Wildman–Crippen MR) is 52.7 cm³/mol. The molecule has 1 aromatic heterocycles. The fourth-order valence-electron chi connectivity index (χ4n) is 1.27. The zero-order valence-electron chi connectivity index (χ0n) is 7.00. The maximum Gasteiger partial charge on any atom is 0.162 e. The Morgan fingerprint density at radius 1 is 1.54 bits per heavy atom. The molecule has 4 heteroatoms. The highest BCUT2D eigenvalue weighted by atomic mass is 32.1. The van der Waals surface area contributed by atoms with Gasteiger partial charge in [0, 0.05) is 0 Å². The van der Waals surface area contributed by atoms with Gasteiger partial charge in [0.2, 0.25) is 0 Å². The maximum absolute atomic E-state index is 13.2. The number of nitrogen functional groups attached to an aromatic ring is 1. The number of hydrogen-bond acceptors (Lipinski definition) is 3. The van der Waals surface area contributed by atoms with Crippen molar-refractivity contribution in [3.05, 3.63) is 23.3 Å². The van der Waals surface area contributed by atoms with Crippen molar-refractivity contribution < 1.29 is 9.13 Å². The SMILES string of the molecule is COc1c(N)c(F)cc2ccsc12. The highest BCUT2D eigenvalue weighted by Gasteiger charge is 2.11. The van der Waals surface area contributed by atoms with Gasteiger partial charge in [-0.15, -0.1) is 11.3 Å². The number of rotatable bonds is 1. The molecular formula is C9H8FNOS. The number of hydrogen-bond donors (Lipinski definition) is 1. The molecule has 0 amide bonds. The van der Waals surface area contributed by atoms with Crippen molar-refractivity contribution in [3.63, 3.8) is 0 Å². The summed E-state index contributed by atoms with van der Waals surface area (Å²) in [6.45, 7) is 0. The van der Waals surface area contributed by atoms with Gasteiger partial charge in [-0.1, -0.05) is 0 Å². The summed E-state index contributed by atoms with van der Waals surface area (Å²) in [6, 6.07) is 3.26. The molecule has 0 unspecified atom stereocenters. The summed E-state index contributed by atoms with van der Waals surface area (Å²) in [6.07, 6.45) is 0. The van der Waals surface area contributed by atoms with E-state index in [1.165, 1.54) is 24.5 Å². The van der Waals surface area contributed by atoms with Crippen LogP contribution in [0, 0.1) is 5.82 Å². The smallest absolute Gasteiger partial charge is 0.162 e. The molecule has 0 aliphatic carbocycles. The maximum atomic E-state index is 13.2. The van der Waals surface area contributed by atoms with Crippen molar-refractivity contribution in [2.45, 2.75) is 0 Å². The van der Waals surface area contributed by atoms with Gasteiger partial charge in [0.25, 0.3) is 0 Å². The second kappa shape index (κ2) is 2.88. The highest BCUT2D eigenvalue weighted by Crippen LogP contribution is 2.37. The molecular weight excluding hydrogens is 189 g/mol. The molecule has 0 aliphatic rings. The van der Waals surface area contributed by atoms with Crippen molar-refractivity contribution in [2.75, 3.05) is 12.8 Å². The van der Waals surface area contributed by atoms with Crippen LogP contribution in [0.3, 0.4) is 0 Å². The van der Waals surface area contributed by atoms with Crippen LogP contribution in [-0.4, -0.2) is 7.11 Å². The first kappa shape index (κ1) is 8.31. The first-order valence-electron chi connectivity index (χ1n) is 3.73. The molecule has 0 fully saturated rings. The second-order valence-electron chi connectivity index (χ2n) is 2.64. The van der Waals surface area contributed by atoms with E-state index in [2.05, 4.69) is 0 Å². The normalized spacial score (nSPS) is 10.6. The molecule has 2 aromatic rings. The quantitative estimate of drug-likeness (QED) is 0.713. The minimum atomic E-state index is -0.428. The van der Waals surface area contributed by atoms with Crippen LogP contribution in [0.1, 0.15) is 0 Å². The van der Waals surface area contributed by atoms with Crippen molar-refractivity contribution in [3.8, 4) is 5.75 Å². The summed E-state index contributed by atoms with van der Waals surface area (Å²) >= 11 is 1.49. The van der Waals surface area contributed by atoms with E-state index in [1.54, 1.807) is 0 Å². The number of benzene rings is 1. The van der Waals surface area contributed by atoms with Gasteiger partial charge in [0.15, 0.2) is 11.6 Å². The van der Waals surface area contributed by atoms with Gasteiger partial charge in [-0.25, -0.2) is 4.39 Å². The fourth-order valence-corrected chi connectivity index (χ4v) is 2.18. The van der Waals surface area contributed by atoms with Gasteiger partial charge >= 0.3 is 0 Å². The Bertz CT molecular complexity index is 452. The molecule has 13 heavy (non-hydrogen) atoms. The lowest BCUT2D eigenvalue weighted by Crippen LogP contribution is -1.95. The molecule has 1 aromatic carbocycles. The minimum Gasteiger partial charge on any atom is -0.493 e. The molecule has 0 atom stereocenters. The first-order valence-corrected chi connectivity index (χ1v) is 4.61. The fraction of sp³-hybridized carbons (Fsp3) is 0.111. The van der Waals surface area contributed by atoms with Crippen LogP contribution < -0.4 is 10.5 Å². The summed E-state index contributed by atoms with van der Waals surface area (Å²) in [5.74, 6) is 0.00718. The average molecular weight is 197 g/mol. The van der Waals surface area contributed by atoms with Crippen molar-refractivity contribution in [2.24, 2.45) is 0 Å². The van der Waals surface area contributed by atoms with Crippen molar-refractivity contribution >= 4 is 27.1 Å². The molecule has 2 nitrogen and oxygen atoms in total. The van der Waals surface area contributed by atoms with Crippen LogP contribution in [0.4, 0.5) is 10.1 Å². The number of fused-ring (bicyclic) bond motifs is 1. The molecule has 1 heterocycles. The van der Waals surface area contributed by atoms with E-state index < -0.39 is 5.82 Å². The zero-order chi connectivity index (χ0) is 9.42. The Labute approximate surface area is 78.7 Å². The van der Waals surface area contributed by atoms with Crippen LogP contribution >= 0.6 is 11.3 Å². The van der Waals surface area contributed by atoms with Crippen molar-refractivity contribution in [1.82, 2.24) is 0 Å². The van der Waals surface area contributed by atoms with E-state index >= 15 is 0 Å². The van der Waals surface area contributed by atoms with E-state index in [0.29, 0.717) is 5.75 Å². The first-order chi connectivity index (χ1) is 6.24. The Balaban J connectivity index is 2.87. The molecule has 0 spiro atoms. The van der Waals surface area contributed by atoms with Crippen molar-refractivity contribution in [1.29, 1.82) is 0 Å². The third kappa shape index (κ3) is 1.14. The van der Waals surface area contributed by atoms with Crippen LogP contribution in [0.5, 0.6) is 5.75 Å². The highest BCUT2D eigenvalue weighted by molar-refractivity contribution is 7.17. The Kier molecular flexibility index (Phi) is 1.84. The number of methoxy groups -OCH3 is 1. The predicted octanol–water partition coefficient (Wildman–Crippen LogP) is 2.63. The standard InChI is InChI=1S/C9H8FNOS/c1-12-8-7(11)6(10)4-5-2-3-13-9(5)8/h2-4H,11H2,1H3. The van der Waals surface area contributed by atoms with Gasteiger partial charge in [-0.3, -0.25) is 0 Å². The largest absolute Gasteiger partial charge is 0.493 e. The Hall–Kier alpha value is -1.29. The van der Waals surface area contributed by atoms with Crippen LogP contribution in [0.2, 0.25) is 0 Å². The van der Waals surface area contributed by atoms with E-state index in [1.807, 2.05) is 11.4 Å². The van der Waals surface area contributed by atoms with E-state index in [-0.39, 0.29) is 5.69 Å². The summed E-state index contributed by atoms with van der Waals surface area (Å²) in [4.78, 5) is 0.